The van der Waals surface area contributed by atoms with E-state index in [1.807, 2.05) is 0 Å². The average Bonchev–Trinajstić information content (AvgIpc) is 2.18. The van der Waals surface area contributed by atoms with Gasteiger partial charge in [0.05, 0.1) is 18.4 Å². The predicted octanol–water partition coefficient (Wildman–Crippen LogP) is 1.02. The lowest BCUT2D eigenvalue weighted by atomic mass is 10.1. The van der Waals surface area contributed by atoms with Crippen LogP contribution < -0.4 is 5.14 Å². The third-order valence-corrected chi connectivity index (χ3v) is 3.28. The zero-order valence-corrected chi connectivity index (χ0v) is 10.8. The number of halogens is 1. The van der Waals surface area contributed by atoms with Crippen molar-refractivity contribution < 1.29 is 17.9 Å². The quantitative estimate of drug-likeness (QED) is 0.845. The van der Waals surface area contributed by atoms with Gasteiger partial charge >= 0.3 is 5.97 Å². The molecule has 0 spiro atoms. The van der Waals surface area contributed by atoms with E-state index in [2.05, 4.69) is 20.7 Å². The lowest BCUT2D eigenvalue weighted by Crippen LogP contribution is -2.15. The van der Waals surface area contributed by atoms with E-state index in [0.29, 0.717) is 15.6 Å². The van der Waals surface area contributed by atoms with Gasteiger partial charge in [-0.3, -0.25) is 0 Å². The zero-order chi connectivity index (χ0) is 12.3. The normalized spacial score (nSPS) is 11.2. The van der Waals surface area contributed by atoms with Gasteiger partial charge in [0.15, 0.2) is 0 Å². The van der Waals surface area contributed by atoms with Crippen molar-refractivity contribution in [3.05, 3.63) is 33.8 Å². The Kier molecular flexibility index (Phi) is 4.06. The summed E-state index contributed by atoms with van der Waals surface area (Å²) >= 11 is 3.17. The van der Waals surface area contributed by atoms with Crippen LogP contribution in [0.5, 0.6) is 0 Å². The average molecular weight is 308 g/mol. The first-order valence-corrected chi connectivity index (χ1v) is 6.71. The van der Waals surface area contributed by atoms with Crippen LogP contribution in [-0.2, 0) is 20.5 Å². The third-order valence-electron chi connectivity index (χ3n) is 1.83. The van der Waals surface area contributed by atoms with Crippen molar-refractivity contribution >= 4 is 31.9 Å². The number of primary sulfonamides is 1. The first-order valence-electron chi connectivity index (χ1n) is 4.20. The minimum atomic E-state index is -3.58. The number of nitrogens with two attached hydrogens (primary N) is 1. The molecule has 0 aromatic heterocycles. The van der Waals surface area contributed by atoms with E-state index in [4.69, 9.17) is 5.14 Å². The molecule has 88 valence electrons. The molecule has 0 fully saturated rings. The van der Waals surface area contributed by atoms with Crippen molar-refractivity contribution in [2.75, 3.05) is 7.11 Å². The van der Waals surface area contributed by atoms with Crippen LogP contribution >= 0.6 is 15.9 Å². The van der Waals surface area contributed by atoms with Crippen molar-refractivity contribution in [2.45, 2.75) is 5.75 Å². The third kappa shape index (κ3) is 3.58. The Bertz CT molecular complexity index is 512. The van der Waals surface area contributed by atoms with E-state index in [-0.39, 0.29) is 5.75 Å². The number of sulfonamides is 1. The van der Waals surface area contributed by atoms with E-state index in [1.54, 1.807) is 0 Å². The molecule has 7 heteroatoms. The maximum absolute atomic E-state index is 11.2. The number of rotatable bonds is 3. The van der Waals surface area contributed by atoms with Gasteiger partial charge in [0.1, 0.15) is 0 Å². The molecule has 0 heterocycles. The van der Waals surface area contributed by atoms with E-state index >= 15 is 0 Å². The zero-order valence-electron chi connectivity index (χ0n) is 8.44. The highest BCUT2D eigenvalue weighted by molar-refractivity contribution is 9.10. The first kappa shape index (κ1) is 13.1. The van der Waals surface area contributed by atoms with Crippen LogP contribution in [0.4, 0.5) is 0 Å². The van der Waals surface area contributed by atoms with E-state index < -0.39 is 16.0 Å². The van der Waals surface area contributed by atoms with Gasteiger partial charge in [0.2, 0.25) is 10.0 Å². The van der Waals surface area contributed by atoms with Crippen LogP contribution in [0.1, 0.15) is 15.9 Å². The van der Waals surface area contributed by atoms with Gasteiger partial charge in [-0.15, -0.1) is 0 Å². The fourth-order valence-electron chi connectivity index (χ4n) is 1.13. The standard InChI is InChI=1S/C9H10BrNO4S/c1-15-9(12)6-2-3-7(8(10)4-6)5-16(11,13)14/h2-4H,5H2,1H3,(H2,11,13,14). The second kappa shape index (κ2) is 4.94. The number of carbonyl (C=O) groups is 1. The van der Waals surface area contributed by atoms with Crippen LogP contribution in [0, 0.1) is 0 Å². The lowest BCUT2D eigenvalue weighted by Gasteiger charge is -2.05. The summed E-state index contributed by atoms with van der Waals surface area (Å²) in [7, 11) is -2.31. The summed E-state index contributed by atoms with van der Waals surface area (Å²) in [5.74, 6) is -0.766. The van der Waals surface area contributed by atoms with Gasteiger partial charge in [0, 0.05) is 4.47 Å². The smallest absolute Gasteiger partial charge is 0.337 e. The molecule has 0 aliphatic carbocycles. The molecule has 0 saturated heterocycles. The summed E-state index contributed by atoms with van der Waals surface area (Å²) in [4.78, 5) is 11.2. The molecule has 0 bridgehead atoms. The van der Waals surface area contributed by atoms with Crippen molar-refractivity contribution in [1.29, 1.82) is 0 Å². The molecule has 5 nitrogen and oxygen atoms in total. The van der Waals surface area contributed by atoms with Gasteiger partial charge < -0.3 is 4.74 Å². The summed E-state index contributed by atoms with van der Waals surface area (Å²) in [6, 6.07) is 4.49. The highest BCUT2D eigenvalue weighted by Gasteiger charge is 2.12. The van der Waals surface area contributed by atoms with Crippen molar-refractivity contribution in [1.82, 2.24) is 0 Å². The van der Waals surface area contributed by atoms with Gasteiger partial charge in [0.25, 0.3) is 0 Å². The van der Waals surface area contributed by atoms with E-state index in [1.165, 1.54) is 25.3 Å². The number of methoxy groups -OCH3 is 1. The summed E-state index contributed by atoms with van der Waals surface area (Å²) < 4.78 is 26.8. The SMILES string of the molecule is COC(=O)c1ccc(CS(N)(=O)=O)c(Br)c1. The summed E-state index contributed by atoms with van der Waals surface area (Å²) in [5.41, 5.74) is 0.836. The molecule has 16 heavy (non-hydrogen) atoms. The molecule has 0 aliphatic rings. The van der Waals surface area contributed by atoms with Gasteiger partial charge in [-0.2, -0.15) is 0 Å². The molecular weight excluding hydrogens is 298 g/mol. The Morgan fingerprint density at radius 2 is 2.12 bits per heavy atom. The largest absolute Gasteiger partial charge is 0.465 e. The van der Waals surface area contributed by atoms with E-state index in [9.17, 15) is 13.2 Å². The lowest BCUT2D eigenvalue weighted by molar-refractivity contribution is 0.0600. The minimum absolute atomic E-state index is 0.283. The minimum Gasteiger partial charge on any atom is -0.465 e. The molecule has 1 aromatic rings. The number of benzene rings is 1. The Balaban J connectivity index is 3.05. The van der Waals surface area contributed by atoms with Crippen LogP contribution in [0.15, 0.2) is 22.7 Å². The fraction of sp³-hybridized carbons (Fsp3) is 0.222. The Morgan fingerprint density at radius 1 is 1.50 bits per heavy atom. The van der Waals surface area contributed by atoms with E-state index in [0.717, 1.165) is 0 Å². The highest BCUT2D eigenvalue weighted by atomic mass is 79.9. The van der Waals surface area contributed by atoms with Crippen LogP contribution in [0.25, 0.3) is 0 Å². The molecule has 2 N–H and O–H groups in total. The Hall–Kier alpha value is -0.920. The summed E-state index contributed by atoms with van der Waals surface area (Å²) in [5, 5.41) is 4.92. The highest BCUT2D eigenvalue weighted by Crippen LogP contribution is 2.20. The Labute approximate surface area is 102 Å². The molecule has 0 atom stereocenters. The number of carbonyl (C=O) groups excluding carboxylic acids is 1. The molecule has 0 amide bonds. The molecule has 0 unspecified atom stereocenters. The predicted molar refractivity (Wildman–Crippen MR) is 62.3 cm³/mol. The number of ether oxygens (including phenoxy) is 1. The van der Waals surface area contributed by atoms with Crippen molar-refractivity contribution in [3.63, 3.8) is 0 Å². The molecule has 1 aromatic carbocycles. The van der Waals surface area contributed by atoms with Gasteiger partial charge in [-0.05, 0) is 17.7 Å². The van der Waals surface area contributed by atoms with Crippen molar-refractivity contribution in [3.8, 4) is 0 Å². The van der Waals surface area contributed by atoms with Crippen LogP contribution in [0.2, 0.25) is 0 Å². The maximum Gasteiger partial charge on any atom is 0.337 e. The summed E-state index contributed by atoms with van der Waals surface area (Å²) in [6.07, 6.45) is 0. The fourth-order valence-corrected chi connectivity index (χ4v) is 2.52. The molecular formula is C9H10BrNO4S. The Morgan fingerprint density at radius 3 is 2.56 bits per heavy atom. The second-order valence-electron chi connectivity index (χ2n) is 3.10. The first-order chi connectivity index (χ1) is 7.33. The van der Waals surface area contributed by atoms with Gasteiger partial charge in [-0.25, -0.2) is 18.4 Å². The van der Waals surface area contributed by atoms with Crippen LogP contribution in [0.3, 0.4) is 0 Å². The maximum atomic E-state index is 11.2. The van der Waals surface area contributed by atoms with Crippen LogP contribution in [-0.4, -0.2) is 21.5 Å². The van der Waals surface area contributed by atoms with Gasteiger partial charge in [-0.1, -0.05) is 22.0 Å². The summed E-state index contributed by atoms with van der Waals surface area (Å²) in [6.45, 7) is 0. The molecule has 0 radical (unpaired) electrons. The van der Waals surface area contributed by atoms with Crippen molar-refractivity contribution in [2.24, 2.45) is 5.14 Å². The number of hydrogen-bond donors (Lipinski definition) is 1. The number of esters is 1. The topological polar surface area (TPSA) is 86.5 Å². The molecule has 0 aliphatic heterocycles. The molecule has 0 saturated carbocycles. The second-order valence-corrected chi connectivity index (χ2v) is 5.57. The monoisotopic (exact) mass is 307 g/mol. The number of hydrogen-bond acceptors (Lipinski definition) is 4. The molecule has 1 rings (SSSR count).